The van der Waals surface area contributed by atoms with Gasteiger partial charge in [0.05, 0.1) is 28.5 Å². The Hall–Kier alpha value is -3.76. The van der Waals surface area contributed by atoms with Gasteiger partial charge in [0.25, 0.3) is 5.91 Å². The number of hydrogen-bond acceptors (Lipinski definition) is 4. The van der Waals surface area contributed by atoms with Gasteiger partial charge in [-0.3, -0.25) is 4.79 Å². The number of nitrogens with zero attached hydrogens (tertiary/aromatic N) is 4. The van der Waals surface area contributed by atoms with Crippen LogP contribution in [0.15, 0.2) is 42.5 Å². The summed E-state index contributed by atoms with van der Waals surface area (Å²) in [5, 5.41) is 26.3. The molecule has 0 unspecified atom stereocenters. The summed E-state index contributed by atoms with van der Waals surface area (Å²) in [4.78, 5) is 13.0. The van der Waals surface area contributed by atoms with Gasteiger partial charge in [0, 0.05) is 34.6 Å². The van der Waals surface area contributed by atoms with Crippen molar-refractivity contribution in [3.63, 3.8) is 0 Å². The van der Waals surface area contributed by atoms with Crippen LogP contribution >= 0.6 is 23.2 Å². The maximum atomic E-state index is 13.0. The lowest BCUT2D eigenvalue weighted by molar-refractivity contribution is 0.0935. The number of carbonyl (C=O) groups is 1. The molecular formula is C26H19Cl2N5O. The first kappa shape index (κ1) is 23.4. The number of benzene rings is 2. The molecule has 6 nitrogen and oxygen atoms in total. The fourth-order valence-electron chi connectivity index (χ4n) is 3.54. The molecule has 1 aliphatic rings. The van der Waals surface area contributed by atoms with Gasteiger partial charge in [0.2, 0.25) is 0 Å². The van der Waals surface area contributed by atoms with E-state index >= 15 is 0 Å². The summed E-state index contributed by atoms with van der Waals surface area (Å²) in [6.45, 7) is 1.82. The van der Waals surface area contributed by atoms with Crippen LogP contribution in [0.25, 0.3) is 16.9 Å². The Morgan fingerprint density at radius 1 is 1.15 bits per heavy atom. The Bertz CT molecular complexity index is 1410. The summed E-state index contributed by atoms with van der Waals surface area (Å²) in [6, 6.07) is 16.9. The van der Waals surface area contributed by atoms with E-state index in [2.05, 4.69) is 34.4 Å². The van der Waals surface area contributed by atoms with Gasteiger partial charge in [-0.2, -0.15) is 15.6 Å². The van der Waals surface area contributed by atoms with Crippen LogP contribution in [0.4, 0.5) is 0 Å². The number of halogens is 2. The molecular weight excluding hydrogens is 469 g/mol. The van der Waals surface area contributed by atoms with Gasteiger partial charge in [0.1, 0.15) is 5.54 Å². The number of carbonyl (C=O) groups excluding carboxylic acids is 1. The van der Waals surface area contributed by atoms with E-state index in [9.17, 15) is 10.1 Å². The van der Waals surface area contributed by atoms with E-state index in [1.54, 1.807) is 22.9 Å². The highest BCUT2D eigenvalue weighted by Crippen LogP contribution is 2.36. The molecule has 1 aliphatic carbocycles. The first-order valence-electron chi connectivity index (χ1n) is 10.6. The third kappa shape index (κ3) is 4.78. The van der Waals surface area contributed by atoms with Crippen molar-refractivity contribution in [1.29, 1.82) is 10.5 Å². The van der Waals surface area contributed by atoms with Crippen molar-refractivity contribution >= 4 is 29.1 Å². The summed E-state index contributed by atoms with van der Waals surface area (Å²) < 4.78 is 1.63. The molecule has 1 amide bonds. The highest BCUT2D eigenvalue weighted by molar-refractivity contribution is 6.35. The Kier molecular flexibility index (Phi) is 6.62. The molecule has 0 spiro atoms. The number of hydrogen-bond donors (Lipinski definition) is 1. The Balaban J connectivity index is 1.78. The van der Waals surface area contributed by atoms with Gasteiger partial charge in [-0.05, 0) is 50.1 Å². The lowest BCUT2D eigenvalue weighted by atomic mass is 10.0. The molecule has 0 saturated heterocycles. The number of aromatic nitrogens is 2. The average Bonchev–Trinajstić information content (AvgIpc) is 3.51. The molecule has 34 heavy (non-hydrogen) atoms. The van der Waals surface area contributed by atoms with Crippen LogP contribution < -0.4 is 5.32 Å². The molecule has 0 bridgehead atoms. The standard InChI is InChI=1S/C26H19Cl2N5O/c1-17-23(25(34)31-26(16-30)12-13-26)32-33(22-11-10-20(27)15-21(22)28)24(17)19-8-6-18(7-9-19)5-3-2-4-14-29/h6-11,15H,2,4,12-13H2,1H3,(H,31,34). The predicted molar refractivity (Wildman–Crippen MR) is 131 cm³/mol. The number of rotatable bonds is 5. The fraction of sp³-hybridized carbons (Fsp3) is 0.231. The zero-order chi connectivity index (χ0) is 24.3. The van der Waals surface area contributed by atoms with Crippen molar-refractivity contribution < 1.29 is 4.79 Å². The second-order valence-corrected chi connectivity index (χ2v) is 8.86. The first-order chi connectivity index (χ1) is 16.4. The molecule has 3 aromatic rings. The lowest BCUT2D eigenvalue weighted by Crippen LogP contribution is -2.36. The summed E-state index contributed by atoms with van der Waals surface area (Å²) in [7, 11) is 0. The van der Waals surface area contributed by atoms with Crippen molar-refractivity contribution in [1.82, 2.24) is 15.1 Å². The highest BCUT2D eigenvalue weighted by Gasteiger charge is 2.45. The van der Waals surface area contributed by atoms with E-state index in [1.165, 1.54) is 0 Å². The van der Waals surface area contributed by atoms with Crippen molar-refractivity contribution in [2.24, 2.45) is 0 Å². The molecule has 0 aliphatic heterocycles. The van der Waals surface area contributed by atoms with E-state index in [0.29, 0.717) is 52.7 Å². The SMILES string of the molecule is Cc1c(C(=O)NC2(C#N)CC2)nn(-c2ccc(Cl)cc2Cl)c1-c1ccc(C#CCCC#N)cc1. The minimum absolute atomic E-state index is 0.225. The zero-order valence-electron chi connectivity index (χ0n) is 18.3. The average molecular weight is 488 g/mol. The molecule has 8 heteroatoms. The molecule has 1 N–H and O–H groups in total. The number of nitriles is 2. The molecule has 0 atom stereocenters. The van der Waals surface area contributed by atoms with Crippen LogP contribution in [0, 0.1) is 41.4 Å². The number of nitrogens with one attached hydrogen (secondary N) is 1. The first-order valence-corrected chi connectivity index (χ1v) is 11.4. The van der Waals surface area contributed by atoms with Crippen LogP contribution in [-0.2, 0) is 0 Å². The van der Waals surface area contributed by atoms with Crippen LogP contribution in [0.1, 0.15) is 47.3 Å². The van der Waals surface area contributed by atoms with Crippen LogP contribution in [0.2, 0.25) is 10.0 Å². The van der Waals surface area contributed by atoms with E-state index in [4.69, 9.17) is 28.5 Å². The zero-order valence-corrected chi connectivity index (χ0v) is 19.8. The monoisotopic (exact) mass is 487 g/mol. The predicted octanol–water partition coefficient (Wildman–Crippen LogP) is 5.60. The minimum Gasteiger partial charge on any atom is -0.332 e. The van der Waals surface area contributed by atoms with E-state index in [0.717, 1.165) is 11.1 Å². The van der Waals surface area contributed by atoms with Gasteiger partial charge in [-0.15, -0.1) is 0 Å². The van der Waals surface area contributed by atoms with Gasteiger partial charge < -0.3 is 5.32 Å². The summed E-state index contributed by atoms with van der Waals surface area (Å²) in [5.74, 6) is 5.62. The van der Waals surface area contributed by atoms with E-state index in [1.807, 2.05) is 31.2 Å². The topological polar surface area (TPSA) is 94.5 Å². The molecule has 1 heterocycles. The van der Waals surface area contributed by atoms with Gasteiger partial charge in [-0.1, -0.05) is 47.2 Å². The smallest absolute Gasteiger partial charge is 0.273 e. The molecule has 1 aromatic heterocycles. The molecule has 1 saturated carbocycles. The summed E-state index contributed by atoms with van der Waals surface area (Å²) in [5.41, 5.74) is 2.98. The lowest BCUT2D eigenvalue weighted by Gasteiger charge is -2.11. The summed E-state index contributed by atoms with van der Waals surface area (Å²) >= 11 is 12.6. The van der Waals surface area contributed by atoms with Crippen molar-refractivity contribution in [3.05, 3.63) is 69.3 Å². The maximum absolute atomic E-state index is 13.0. The third-order valence-corrected chi connectivity index (χ3v) is 6.08. The van der Waals surface area contributed by atoms with Gasteiger partial charge in [-0.25, -0.2) is 4.68 Å². The van der Waals surface area contributed by atoms with Crippen molar-refractivity contribution in [3.8, 4) is 40.9 Å². The Morgan fingerprint density at radius 2 is 1.88 bits per heavy atom. The number of unbranched alkanes of at least 4 members (excludes halogenated alkanes) is 1. The van der Waals surface area contributed by atoms with E-state index < -0.39 is 11.4 Å². The highest BCUT2D eigenvalue weighted by atomic mass is 35.5. The van der Waals surface area contributed by atoms with Crippen LogP contribution in [0.5, 0.6) is 0 Å². The summed E-state index contributed by atoms with van der Waals surface area (Å²) in [6.07, 6.45) is 2.16. The van der Waals surface area contributed by atoms with Gasteiger partial charge >= 0.3 is 0 Å². The quantitative estimate of drug-likeness (QED) is 0.374. The Labute approximate surface area is 207 Å². The normalized spacial score (nSPS) is 13.2. The molecule has 1 fully saturated rings. The third-order valence-electron chi connectivity index (χ3n) is 5.54. The second kappa shape index (κ2) is 9.62. The Morgan fingerprint density at radius 3 is 2.50 bits per heavy atom. The van der Waals surface area contributed by atoms with Crippen LogP contribution in [-0.4, -0.2) is 21.2 Å². The second-order valence-electron chi connectivity index (χ2n) is 8.02. The van der Waals surface area contributed by atoms with E-state index in [-0.39, 0.29) is 5.69 Å². The van der Waals surface area contributed by atoms with Crippen LogP contribution in [0.3, 0.4) is 0 Å². The molecule has 0 radical (unpaired) electrons. The fourth-order valence-corrected chi connectivity index (χ4v) is 4.03. The maximum Gasteiger partial charge on any atom is 0.273 e. The molecule has 168 valence electrons. The number of amides is 1. The van der Waals surface area contributed by atoms with Crippen molar-refractivity contribution in [2.75, 3.05) is 0 Å². The van der Waals surface area contributed by atoms with Crippen molar-refractivity contribution in [2.45, 2.75) is 38.1 Å². The van der Waals surface area contributed by atoms with Gasteiger partial charge in [0.15, 0.2) is 5.69 Å². The minimum atomic E-state index is -0.808. The molecule has 2 aromatic carbocycles. The largest absolute Gasteiger partial charge is 0.332 e. The molecule has 4 rings (SSSR count).